The third-order valence-electron chi connectivity index (χ3n) is 4.64. The molecule has 0 radical (unpaired) electrons. The Balaban J connectivity index is 1.71. The van der Waals surface area contributed by atoms with Crippen LogP contribution >= 0.6 is 11.8 Å². The van der Waals surface area contributed by atoms with Gasteiger partial charge in [0.05, 0.1) is 24.7 Å². The Kier molecular flexibility index (Phi) is 4.69. The van der Waals surface area contributed by atoms with Crippen molar-refractivity contribution in [2.75, 3.05) is 23.5 Å². The topological polar surface area (TPSA) is 76.0 Å². The first-order valence-corrected chi connectivity index (χ1v) is 11.2. The lowest BCUT2D eigenvalue weighted by atomic mass is 10.2. The highest BCUT2D eigenvalue weighted by Gasteiger charge is 2.49. The van der Waals surface area contributed by atoms with Crippen molar-refractivity contribution in [3.63, 3.8) is 0 Å². The van der Waals surface area contributed by atoms with Crippen LogP contribution < -0.4 is 9.64 Å². The van der Waals surface area contributed by atoms with Gasteiger partial charge in [-0.2, -0.15) is 4.99 Å². The lowest BCUT2D eigenvalue weighted by Crippen LogP contribution is -2.37. The normalized spacial score (nSPS) is 24.8. The number of amides is 1. The Morgan fingerprint density at radius 3 is 2.48 bits per heavy atom. The summed E-state index contributed by atoms with van der Waals surface area (Å²) in [6.07, 6.45) is 0. The molecule has 2 aliphatic heterocycles. The van der Waals surface area contributed by atoms with E-state index in [9.17, 15) is 13.2 Å². The Labute approximate surface area is 162 Å². The number of methoxy groups -OCH3 is 1. The Morgan fingerprint density at radius 2 is 1.81 bits per heavy atom. The second-order valence-electron chi connectivity index (χ2n) is 6.43. The molecule has 0 N–H and O–H groups in total. The van der Waals surface area contributed by atoms with Crippen LogP contribution in [0.4, 0.5) is 5.69 Å². The number of amidine groups is 1. The van der Waals surface area contributed by atoms with Crippen LogP contribution in [0.15, 0.2) is 59.6 Å². The summed E-state index contributed by atoms with van der Waals surface area (Å²) in [5.41, 5.74) is 1.30. The summed E-state index contributed by atoms with van der Waals surface area (Å²) >= 11 is 1.36. The fourth-order valence-corrected chi connectivity index (χ4v) is 7.25. The van der Waals surface area contributed by atoms with Gasteiger partial charge in [-0.05, 0) is 36.4 Å². The Hall–Kier alpha value is -2.32. The molecule has 0 bridgehead atoms. The standard InChI is InChI=1S/C19H18N2O4S2/c1-25-15-9-7-14(8-10-15)21-16-11-27(23,24)12-17(16)26-19(21)20-18(22)13-5-3-2-4-6-13/h2-10,16-17H,11-12H2,1H3/t16-,17+/m0/s1. The molecular weight excluding hydrogens is 384 g/mol. The molecule has 27 heavy (non-hydrogen) atoms. The molecule has 2 atom stereocenters. The predicted octanol–water partition coefficient (Wildman–Crippen LogP) is 2.61. The molecular formula is C19H18N2O4S2. The summed E-state index contributed by atoms with van der Waals surface area (Å²) in [7, 11) is -1.50. The summed E-state index contributed by atoms with van der Waals surface area (Å²) in [5.74, 6) is 0.544. The maximum atomic E-state index is 12.6. The molecule has 2 aromatic rings. The fraction of sp³-hybridized carbons (Fsp3) is 0.263. The van der Waals surface area contributed by atoms with Gasteiger partial charge in [-0.15, -0.1) is 0 Å². The molecule has 2 aromatic carbocycles. The highest BCUT2D eigenvalue weighted by Crippen LogP contribution is 2.41. The van der Waals surface area contributed by atoms with E-state index in [-0.39, 0.29) is 28.7 Å². The van der Waals surface area contributed by atoms with E-state index in [0.717, 1.165) is 5.69 Å². The molecule has 0 saturated carbocycles. The van der Waals surface area contributed by atoms with E-state index in [1.165, 1.54) is 11.8 Å². The van der Waals surface area contributed by atoms with E-state index in [1.54, 1.807) is 31.4 Å². The number of rotatable bonds is 3. The number of carbonyl (C=O) groups excluding carboxylic acids is 1. The average molecular weight is 402 g/mol. The largest absolute Gasteiger partial charge is 0.497 e. The molecule has 0 spiro atoms. The third-order valence-corrected chi connectivity index (χ3v) is 7.84. The van der Waals surface area contributed by atoms with E-state index in [0.29, 0.717) is 16.5 Å². The number of nitrogens with zero attached hydrogens (tertiary/aromatic N) is 2. The molecule has 2 heterocycles. The molecule has 140 valence electrons. The number of carbonyl (C=O) groups is 1. The molecule has 6 nitrogen and oxygen atoms in total. The number of aliphatic imine (C=N–C) groups is 1. The van der Waals surface area contributed by atoms with Gasteiger partial charge in [0.15, 0.2) is 15.0 Å². The van der Waals surface area contributed by atoms with Gasteiger partial charge in [-0.25, -0.2) is 8.42 Å². The van der Waals surface area contributed by atoms with Crippen molar-refractivity contribution in [3.8, 4) is 5.75 Å². The minimum atomic E-state index is -3.09. The van der Waals surface area contributed by atoms with Gasteiger partial charge in [0.1, 0.15) is 5.75 Å². The second kappa shape index (κ2) is 7.01. The van der Waals surface area contributed by atoms with Crippen molar-refractivity contribution in [3.05, 3.63) is 60.2 Å². The number of anilines is 1. The van der Waals surface area contributed by atoms with Gasteiger partial charge in [0.2, 0.25) is 0 Å². The number of fused-ring (bicyclic) bond motifs is 1. The zero-order valence-corrected chi connectivity index (χ0v) is 16.2. The molecule has 0 unspecified atom stereocenters. The fourth-order valence-electron chi connectivity index (χ4n) is 3.34. The second-order valence-corrected chi connectivity index (χ2v) is 9.79. The van der Waals surface area contributed by atoms with Gasteiger partial charge < -0.3 is 9.64 Å². The molecule has 0 aromatic heterocycles. The number of hydrogen-bond acceptors (Lipinski definition) is 5. The lowest BCUT2D eigenvalue weighted by Gasteiger charge is -2.24. The Morgan fingerprint density at radius 1 is 1.11 bits per heavy atom. The SMILES string of the molecule is COc1ccc(N2C(=NC(=O)c3ccccc3)S[C@@H]3CS(=O)(=O)C[C@@H]32)cc1. The van der Waals surface area contributed by atoms with Crippen molar-refractivity contribution in [2.45, 2.75) is 11.3 Å². The van der Waals surface area contributed by atoms with Crippen molar-refractivity contribution < 1.29 is 17.9 Å². The lowest BCUT2D eigenvalue weighted by molar-refractivity contribution is 0.100. The summed E-state index contributed by atoms with van der Waals surface area (Å²) in [5, 5.41) is 0.415. The van der Waals surface area contributed by atoms with Crippen LogP contribution in [0.5, 0.6) is 5.75 Å². The van der Waals surface area contributed by atoms with E-state index in [2.05, 4.69) is 4.99 Å². The van der Waals surface area contributed by atoms with E-state index < -0.39 is 9.84 Å². The Bertz CT molecular complexity index is 988. The van der Waals surface area contributed by atoms with E-state index in [1.807, 2.05) is 35.2 Å². The first-order valence-electron chi connectivity index (χ1n) is 8.45. The van der Waals surface area contributed by atoms with Crippen LogP contribution in [-0.4, -0.2) is 49.4 Å². The quantitative estimate of drug-likeness (QED) is 0.786. The molecule has 2 aliphatic rings. The van der Waals surface area contributed by atoms with Gasteiger partial charge in [-0.1, -0.05) is 30.0 Å². The zero-order chi connectivity index (χ0) is 19.0. The summed E-state index contributed by atoms with van der Waals surface area (Å²) in [6, 6.07) is 16.0. The smallest absolute Gasteiger partial charge is 0.279 e. The van der Waals surface area contributed by atoms with Gasteiger partial charge in [0.25, 0.3) is 5.91 Å². The van der Waals surface area contributed by atoms with Crippen molar-refractivity contribution in [2.24, 2.45) is 4.99 Å². The molecule has 2 fully saturated rings. The summed E-state index contributed by atoms with van der Waals surface area (Å²) < 4.78 is 29.4. The van der Waals surface area contributed by atoms with Crippen molar-refractivity contribution in [1.29, 1.82) is 0 Å². The van der Waals surface area contributed by atoms with Gasteiger partial charge >= 0.3 is 0 Å². The monoisotopic (exact) mass is 402 g/mol. The molecule has 8 heteroatoms. The number of benzene rings is 2. The highest BCUT2D eigenvalue weighted by molar-refractivity contribution is 8.16. The van der Waals surface area contributed by atoms with Crippen LogP contribution in [0.1, 0.15) is 10.4 Å². The summed E-state index contributed by atoms with van der Waals surface area (Å²) in [6.45, 7) is 0. The maximum absolute atomic E-state index is 12.6. The molecule has 0 aliphatic carbocycles. The van der Waals surface area contributed by atoms with E-state index >= 15 is 0 Å². The molecule has 1 amide bonds. The van der Waals surface area contributed by atoms with Crippen LogP contribution in [0.3, 0.4) is 0 Å². The van der Waals surface area contributed by atoms with Crippen LogP contribution in [0.25, 0.3) is 0 Å². The summed E-state index contributed by atoms with van der Waals surface area (Å²) in [4.78, 5) is 18.8. The number of ether oxygens (including phenoxy) is 1. The van der Waals surface area contributed by atoms with Crippen LogP contribution in [0, 0.1) is 0 Å². The molecule has 2 saturated heterocycles. The minimum Gasteiger partial charge on any atom is -0.497 e. The number of sulfone groups is 1. The van der Waals surface area contributed by atoms with Gasteiger partial charge in [0, 0.05) is 16.5 Å². The van der Waals surface area contributed by atoms with Crippen LogP contribution in [0.2, 0.25) is 0 Å². The van der Waals surface area contributed by atoms with E-state index in [4.69, 9.17) is 4.74 Å². The first-order chi connectivity index (χ1) is 13.0. The van der Waals surface area contributed by atoms with Crippen molar-refractivity contribution in [1.82, 2.24) is 0 Å². The number of hydrogen-bond donors (Lipinski definition) is 0. The first kappa shape index (κ1) is 18.1. The molecule has 4 rings (SSSR count). The van der Waals surface area contributed by atoms with Crippen LogP contribution in [-0.2, 0) is 9.84 Å². The van der Waals surface area contributed by atoms with Gasteiger partial charge in [-0.3, -0.25) is 4.79 Å². The predicted molar refractivity (Wildman–Crippen MR) is 108 cm³/mol. The minimum absolute atomic E-state index is 0.0647. The maximum Gasteiger partial charge on any atom is 0.279 e. The third kappa shape index (κ3) is 3.59. The zero-order valence-electron chi connectivity index (χ0n) is 14.6. The number of thioether (sulfide) groups is 1. The highest BCUT2D eigenvalue weighted by atomic mass is 32.2. The van der Waals surface area contributed by atoms with Crippen molar-refractivity contribution >= 4 is 38.4 Å². The average Bonchev–Trinajstić information content (AvgIpc) is 3.13.